The summed E-state index contributed by atoms with van der Waals surface area (Å²) < 4.78 is 1.74. The van der Waals surface area contributed by atoms with Gasteiger partial charge in [0.15, 0.2) is 5.65 Å². The van der Waals surface area contributed by atoms with Gasteiger partial charge in [0.1, 0.15) is 12.9 Å². The first-order valence-corrected chi connectivity index (χ1v) is 4.39. The van der Waals surface area contributed by atoms with Gasteiger partial charge >= 0.3 is 5.97 Å². The van der Waals surface area contributed by atoms with Crippen molar-refractivity contribution in [2.75, 3.05) is 18.5 Å². The summed E-state index contributed by atoms with van der Waals surface area (Å²) in [6, 6.07) is 3.60. The predicted octanol–water partition coefficient (Wildman–Crippen LogP) is 0.250. The molecule has 0 spiro atoms. The van der Waals surface area contributed by atoms with Crippen molar-refractivity contribution >= 4 is 17.3 Å². The van der Waals surface area contributed by atoms with Crippen molar-refractivity contribution in [3.63, 3.8) is 0 Å². The quantitative estimate of drug-likeness (QED) is 0.779. The highest BCUT2D eigenvalue weighted by Gasteiger charge is 2.06. The van der Waals surface area contributed by atoms with E-state index in [1.54, 1.807) is 34.9 Å². The molecule has 0 fully saturated rings. The fraction of sp³-hybridized carbons (Fsp3) is 0.222. The molecule has 6 heteroatoms. The molecule has 0 bridgehead atoms. The topological polar surface area (TPSA) is 70.7 Å². The van der Waals surface area contributed by atoms with Crippen LogP contribution >= 0.6 is 0 Å². The molecule has 0 saturated carbocycles. The first-order chi connectivity index (χ1) is 7.16. The Balaban J connectivity index is 2.30. The summed E-state index contributed by atoms with van der Waals surface area (Å²) in [5, 5.41) is 16.2. The van der Waals surface area contributed by atoms with E-state index >= 15 is 0 Å². The summed E-state index contributed by atoms with van der Waals surface area (Å²) in [5.74, 6) is -0.860. The molecule has 0 amide bonds. The Morgan fingerprint density at radius 1 is 1.60 bits per heavy atom. The maximum absolute atomic E-state index is 10.5. The van der Waals surface area contributed by atoms with Crippen molar-refractivity contribution in [3.05, 3.63) is 24.7 Å². The van der Waals surface area contributed by atoms with Gasteiger partial charge in [0, 0.05) is 13.2 Å². The van der Waals surface area contributed by atoms with Crippen molar-refractivity contribution in [1.29, 1.82) is 0 Å². The molecule has 2 aromatic heterocycles. The van der Waals surface area contributed by atoms with Gasteiger partial charge in [0.05, 0.1) is 5.69 Å². The Kier molecular flexibility index (Phi) is 2.24. The first-order valence-electron chi connectivity index (χ1n) is 4.39. The number of hydrogen-bond acceptors (Lipinski definition) is 4. The van der Waals surface area contributed by atoms with Crippen LogP contribution in [0.4, 0.5) is 5.69 Å². The molecular formula is C9H10N4O2. The molecule has 0 saturated heterocycles. The van der Waals surface area contributed by atoms with E-state index in [0.717, 1.165) is 11.3 Å². The second kappa shape index (κ2) is 3.56. The van der Waals surface area contributed by atoms with Crippen molar-refractivity contribution in [2.45, 2.75) is 0 Å². The van der Waals surface area contributed by atoms with E-state index in [0.29, 0.717) is 0 Å². The lowest BCUT2D eigenvalue weighted by molar-refractivity contribution is -0.135. The van der Waals surface area contributed by atoms with Crippen LogP contribution in [0.25, 0.3) is 5.65 Å². The van der Waals surface area contributed by atoms with Gasteiger partial charge in [-0.25, -0.2) is 0 Å². The average Bonchev–Trinajstić information content (AvgIpc) is 2.62. The Hall–Kier alpha value is -2.11. The normalized spacial score (nSPS) is 10.5. The van der Waals surface area contributed by atoms with Gasteiger partial charge in [-0.1, -0.05) is 0 Å². The van der Waals surface area contributed by atoms with Gasteiger partial charge in [0.2, 0.25) is 0 Å². The maximum Gasteiger partial charge on any atom is 0.323 e. The zero-order valence-electron chi connectivity index (χ0n) is 8.16. The second-order valence-corrected chi connectivity index (χ2v) is 3.23. The number of fused-ring (bicyclic) bond motifs is 1. The lowest BCUT2D eigenvalue weighted by Gasteiger charge is -2.16. The van der Waals surface area contributed by atoms with Crippen molar-refractivity contribution in [1.82, 2.24) is 14.6 Å². The van der Waals surface area contributed by atoms with Gasteiger partial charge in [0.25, 0.3) is 0 Å². The third-order valence-electron chi connectivity index (χ3n) is 2.09. The Bertz CT molecular complexity index is 494. The molecule has 0 radical (unpaired) electrons. The van der Waals surface area contributed by atoms with Crippen LogP contribution in [0.3, 0.4) is 0 Å². The first kappa shape index (κ1) is 9.45. The number of carboxylic acid groups (broad SMARTS) is 1. The average molecular weight is 206 g/mol. The van der Waals surface area contributed by atoms with Gasteiger partial charge in [-0.15, -0.1) is 10.2 Å². The number of rotatable bonds is 3. The number of carbonyl (C=O) groups is 1. The molecule has 0 unspecified atom stereocenters. The number of likely N-dealkylation sites (N-methyl/N-ethyl adjacent to an activating group) is 1. The van der Waals surface area contributed by atoms with Crippen LogP contribution in [0.15, 0.2) is 24.7 Å². The van der Waals surface area contributed by atoms with Gasteiger partial charge in [-0.2, -0.15) is 0 Å². The predicted molar refractivity (Wildman–Crippen MR) is 53.9 cm³/mol. The van der Waals surface area contributed by atoms with Crippen molar-refractivity contribution in [2.24, 2.45) is 0 Å². The molecule has 0 aromatic carbocycles. The number of hydrogen-bond donors (Lipinski definition) is 1. The largest absolute Gasteiger partial charge is 0.480 e. The molecule has 2 heterocycles. The lowest BCUT2D eigenvalue weighted by atomic mass is 10.3. The molecule has 6 nitrogen and oxygen atoms in total. The summed E-state index contributed by atoms with van der Waals surface area (Å²) in [5.41, 5.74) is 1.55. The fourth-order valence-electron chi connectivity index (χ4n) is 1.34. The van der Waals surface area contributed by atoms with E-state index in [2.05, 4.69) is 10.2 Å². The maximum atomic E-state index is 10.5. The van der Waals surface area contributed by atoms with Gasteiger partial charge in [-0.05, 0) is 12.1 Å². The van der Waals surface area contributed by atoms with Crippen LogP contribution in [0.2, 0.25) is 0 Å². The zero-order valence-corrected chi connectivity index (χ0v) is 8.16. The molecule has 2 rings (SSSR count). The fourth-order valence-corrected chi connectivity index (χ4v) is 1.34. The number of nitrogens with zero attached hydrogens (tertiary/aromatic N) is 4. The lowest BCUT2D eigenvalue weighted by Crippen LogP contribution is -2.25. The summed E-state index contributed by atoms with van der Waals surface area (Å²) >= 11 is 0. The third kappa shape index (κ3) is 1.88. The smallest absolute Gasteiger partial charge is 0.323 e. The second-order valence-electron chi connectivity index (χ2n) is 3.23. The molecule has 2 aromatic rings. The number of aromatic nitrogens is 3. The highest BCUT2D eigenvalue weighted by molar-refractivity contribution is 5.73. The minimum Gasteiger partial charge on any atom is -0.480 e. The molecule has 78 valence electrons. The Morgan fingerprint density at radius 2 is 2.40 bits per heavy atom. The molecular weight excluding hydrogens is 196 g/mol. The van der Waals surface area contributed by atoms with E-state index in [-0.39, 0.29) is 6.54 Å². The zero-order chi connectivity index (χ0) is 10.8. The summed E-state index contributed by atoms with van der Waals surface area (Å²) in [6.07, 6.45) is 3.37. The highest BCUT2D eigenvalue weighted by atomic mass is 16.4. The van der Waals surface area contributed by atoms with E-state index in [1.807, 2.05) is 6.07 Å². The van der Waals surface area contributed by atoms with E-state index in [9.17, 15) is 4.79 Å². The third-order valence-corrected chi connectivity index (χ3v) is 2.09. The van der Waals surface area contributed by atoms with E-state index in [1.165, 1.54) is 0 Å². The minimum absolute atomic E-state index is 0.0341. The van der Waals surface area contributed by atoms with Crippen LogP contribution < -0.4 is 4.90 Å². The number of pyridine rings is 1. The Labute approximate surface area is 85.8 Å². The van der Waals surface area contributed by atoms with E-state index < -0.39 is 5.97 Å². The van der Waals surface area contributed by atoms with Crippen LogP contribution in [0, 0.1) is 0 Å². The summed E-state index contributed by atoms with van der Waals surface area (Å²) in [4.78, 5) is 12.2. The molecule has 0 aliphatic carbocycles. The Morgan fingerprint density at radius 3 is 3.13 bits per heavy atom. The van der Waals surface area contributed by atoms with Gasteiger partial charge < -0.3 is 10.0 Å². The summed E-state index contributed by atoms with van der Waals surface area (Å²) in [6.45, 7) is -0.0341. The summed E-state index contributed by atoms with van der Waals surface area (Å²) in [7, 11) is 1.72. The monoisotopic (exact) mass is 206 g/mol. The molecule has 0 atom stereocenters. The SMILES string of the molecule is CN(CC(=O)O)c1ccc2nncn2c1. The molecule has 0 aliphatic rings. The van der Waals surface area contributed by atoms with Crippen LogP contribution in [0.1, 0.15) is 0 Å². The molecule has 15 heavy (non-hydrogen) atoms. The van der Waals surface area contributed by atoms with Crippen LogP contribution in [-0.4, -0.2) is 39.3 Å². The minimum atomic E-state index is -0.860. The van der Waals surface area contributed by atoms with Crippen LogP contribution in [-0.2, 0) is 4.79 Å². The number of anilines is 1. The highest BCUT2D eigenvalue weighted by Crippen LogP contribution is 2.12. The number of aliphatic carboxylic acids is 1. The number of carboxylic acids is 1. The van der Waals surface area contributed by atoms with Crippen molar-refractivity contribution < 1.29 is 9.90 Å². The van der Waals surface area contributed by atoms with E-state index in [4.69, 9.17) is 5.11 Å². The standard InChI is InChI=1S/C9H10N4O2/c1-12(5-9(14)15)7-2-3-8-11-10-6-13(8)4-7/h2-4,6H,5H2,1H3,(H,14,15). The van der Waals surface area contributed by atoms with Crippen LogP contribution in [0.5, 0.6) is 0 Å². The van der Waals surface area contributed by atoms with Crippen molar-refractivity contribution in [3.8, 4) is 0 Å². The molecule has 1 N–H and O–H groups in total. The van der Waals surface area contributed by atoms with Gasteiger partial charge in [-0.3, -0.25) is 9.20 Å². The molecule has 0 aliphatic heterocycles.